The monoisotopic (exact) mass is 295 g/mol. The van der Waals surface area contributed by atoms with Crippen LogP contribution >= 0.6 is 11.6 Å². The molecule has 4 heteroatoms. The fourth-order valence-electron chi connectivity index (χ4n) is 2.93. The van der Waals surface area contributed by atoms with Crippen molar-refractivity contribution in [1.29, 1.82) is 0 Å². The van der Waals surface area contributed by atoms with Gasteiger partial charge < -0.3 is 9.47 Å². The van der Waals surface area contributed by atoms with Crippen molar-refractivity contribution >= 4 is 11.6 Å². The van der Waals surface area contributed by atoms with E-state index in [0.717, 1.165) is 43.1 Å². The number of benzene rings is 1. The van der Waals surface area contributed by atoms with Gasteiger partial charge in [0.25, 0.3) is 0 Å². The van der Waals surface area contributed by atoms with Crippen molar-refractivity contribution in [2.75, 3.05) is 26.9 Å². The highest BCUT2D eigenvalue weighted by atomic mass is 35.5. The Hall–Kier alpha value is -0.770. The lowest BCUT2D eigenvalue weighted by Gasteiger charge is -2.25. The Morgan fingerprint density at radius 3 is 2.85 bits per heavy atom. The molecule has 3 rings (SSSR count). The first-order chi connectivity index (χ1) is 9.76. The van der Waals surface area contributed by atoms with Gasteiger partial charge in [0.2, 0.25) is 0 Å². The van der Waals surface area contributed by atoms with Gasteiger partial charge in [0.15, 0.2) is 0 Å². The molecular formula is C16H22ClNO2. The maximum absolute atomic E-state index is 6.13. The molecule has 0 unspecified atom stereocenters. The van der Waals surface area contributed by atoms with Crippen molar-refractivity contribution in [3.63, 3.8) is 0 Å². The molecule has 0 amide bonds. The van der Waals surface area contributed by atoms with Gasteiger partial charge in [-0.15, -0.1) is 0 Å². The second-order valence-corrected chi connectivity index (χ2v) is 6.28. The van der Waals surface area contributed by atoms with E-state index in [-0.39, 0.29) is 0 Å². The van der Waals surface area contributed by atoms with Crippen LogP contribution in [-0.4, -0.2) is 37.8 Å². The molecule has 3 nitrogen and oxygen atoms in total. The summed E-state index contributed by atoms with van der Waals surface area (Å²) >= 11 is 6.13. The minimum absolute atomic E-state index is 0.681. The summed E-state index contributed by atoms with van der Waals surface area (Å²) in [6.45, 7) is 3.88. The second kappa shape index (κ2) is 6.33. The third kappa shape index (κ3) is 3.46. The van der Waals surface area contributed by atoms with Gasteiger partial charge in [-0.25, -0.2) is 0 Å². The SMILES string of the molecule is COc1ccc(Cl)cc1CN(C[C@@H]1CCOC1)C1CC1. The van der Waals surface area contributed by atoms with Crippen molar-refractivity contribution in [2.45, 2.75) is 31.8 Å². The van der Waals surface area contributed by atoms with Gasteiger partial charge in [-0.1, -0.05) is 11.6 Å². The molecule has 1 saturated heterocycles. The molecule has 110 valence electrons. The molecule has 1 aromatic rings. The standard InChI is InChI=1S/C16H22ClNO2/c1-19-16-5-2-14(17)8-13(16)10-18(15-3-4-15)9-12-6-7-20-11-12/h2,5,8,12,15H,3-4,6-7,9-11H2,1H3/t12-/m0/s1. The molecule has 0 spiro atoms. The van der Waals surface area contributed by atoms with Crippen molar-refractivity contribution in [3.05, 3.63) is 28.8 Å². The van der Waals surface area contributed by atoms with Crippen LogP contribution in [0, 0.1) is 5.92 Å². The zero-order valence-corrected chi connectivity index (χ0v) is 12.7. The lowest BCUT2D eigenvalue weighted by Crippen LogP contribution is -2.31. The molecule has 1 atom stereocenters. The quantitative estimate of drug-likeness (QED) is 0.803. The highest BCUT2D eigenvalue weighted by Gasteiger charge is 2.32. The van der Waals surface area contributed by atoms with Gasteiger partial charge in [0.1, 0.15) is 5.75 Å². The molecular weight excluding hydrogens is 274 g/mol. The Bertz CT molecular complexity index is 456. The number of ether oxygens (including phenoxy) is 2. The number of hydrogen-bond donors (Lipinski definition) is 0. The summed E-state index contributed by atoms with van der Waals surface area (Å²) in [7, 11) is 1.72. The molecule has 2 fully saturated rings. The number of nitrogens with zero attached hydrogens (tertiary/aromatic N) is 1. The second-order valence-electron chi connectivity index (χ2n) is 5.85. The Kier molecular flexibility index (Phi) is 4.49. The molecule has 0 N–H and O–H groups in total. The lowest BCUT2D eigenvalue weighted by molar-refractivity contribution is 0.161. The van der Waals surface area contributed by atoms with E-state index < -0.39 is 0 Å². The first-order valence-electron chi connectivity index (χ1n) is 7.40. The van der Waals surface area contributed by atoms with Gasteiger partial charge >= 0.3 is 0 Å². The first kappa shape index (κ1) is 14.2. The van der Waals surface area contributed by atoms with E-state index in [2.05, 4.69) is 4.90 Å². The molecule has 1 aliphatic carbocycles. The van der Waals surface area contributed by atoms with E-state index in [1.165, 1.54) is 24.8 Å². The van der Waals surface area contributed by atoms with Crippen LogP contribution in [0.4, 0.5) is 0 Å². The zero-order valence-electron chi connectivity index (χ0n) is 12.0. The predicted octanol–water partition coefficient (Wildman–Crippen LogP) is 3.35. The highest BCUT2D eigenvalue weighted by Crippen LogP contribution is 2.32. The van der Waals surface area contributed by atoms with Crippen molar-refractivity contribution in [1.82, 2.24) is 4.90 Å². The van der Waals surface area contributed by atoms with Gasteiger partial charge in [-0.3, -0.25) is 4.90 Å². The molecule has 0 radical (unpaired) electrons. The normalized spacial score (nSPS) is 22.4. The summed E-state index contributed by atoms with van der Waals surface area (Å²) in [5.41, 5.74) is 1.19. The van der Waals surface area contributed by atoms with E-state index in [1.807, 2.05) is 18.2 Å². The van der Waals surface area contributed by atoms with Crippen LogP contribution in [0.15, 0.2) is 18.2 Å². The van der Waals surface area contributed by atoms with Crippen molar-refractivity contribution in [3.8, 4) is 5.75 Å². The fraction of sp³-hybridized carbons (Fsp3) is 0.625. The third-order valence-electron chi connectivity index (χ3n) is 4.20. The van der Waals surface area contributed by atoms with E-state index in [0.29, 0.717) is 5.92 Å². The number of methoxy groups -OCH3 is 1. The maximum Gasteiger partial charge on any atom is 0.123 e. The van der Waals surface area contributed by atoms with Crippen LogP contribution in [0.1, 0.15) is 24.8 Å². The van der Waals surface area contributed by atoms with Crippen LogP contribution in [0.25, 0.3) is 0 Å². The molecule has 1 saturated carbocycles. The molecule has 0 bridgehead atoms. The average molecular weight is 296 g/mol. The largest absolute Gasteiger partial charge is 0.496 e. The van der Waals surface area contributed by atoms with E-state index in [9.17, 15) is 0 Å². The summed E-state index contributed by atoms with van der Waals surface area (Å²) in [5, 5.41) is 0.778. The maximum atomic E-state index is 6.13. The lowest BCUT2D eigenvalue weighted by atomic mass is 10.1. The Balaban J connectivity index is 1.70. The minimum atomic E-state index is 0.681. The van der Waals surface area contributed by atoms with E-state index in [4.69, 9.17) is 21.1 Å². The van der Waals surface area contributed by atoms with Gasteiger partial charge in [-0.05, 0) is 43.4 Å². The number of hydrogen-bond acceptors (Lipinski definition) is 3. The van der Waals surface area contributed by atoms with Crippen LogP contribution in [0.2, 0.25) is 5.02 Å². The predicted molar refractivity (Wildman–Crippen MR) is 80.4 cm³/mol. The summed E-state index contributed by atoms with van der Waals surface area (Å²) in [6, 6.07) is 6.61. The van der Waals surface area contributed by atoms with Gasteiger partial charge in [-0.2, -0.15) is 0 Å². The van der Waals surface area contributed by atoms with Crippen LogP contribution < -0.4 is 4.74 Å². The summed E-state index contributed by atoms with van der Waals surface area (Å²) < 4.78 is 11.0. The van der Waals surface area contributed by atoms with E-state index in [1.54, 1.807) is 7.11 Å². The van der Waals surface area contributed by atoms with Gasteiger partial charge in [0, 0.05) is 36.3 Å². The summed E-state index contributed by atoms with van der Waals surface area (Å²) in [4.78, 5) is 2.58. The zero-order chi connectivity index (χ0) is 13.9. The minimum Gasteiger partial charge on any atom is -0.496 e. The number of halogens is 1. The molecule has 1 heterocycles. The molecule has 0 aromatic heterocycles. The summed E-state index contributed by atoms with van der Waals surface area (Å²) in [6.07, 6.45) is 3.82. The molecule has 2 aliphatic rings. The topological polar surface area (TPSA) is 21.7 Å². The van der Waals surface area contributed by atoms with E-state index >= 15 is 0 Å². The van der Waals surface area contributed by atoms with Crippen LogP contribution in [0.3, 0.4) is 0 Å². The third-order valence-corrected chi connectivity index (χ3v) is 4.43. The van der Waals surface area contributed by atoms with Crippen LogP contribution in [0.5, 0.6) is 5.75 Å². The molecule has 1 aromatic carbocycles. The Labute approximate surface area is 125 Å². The fourth-order valence-corrected chi connectivity index (χ4v) is 3.13. The van der Waals surface area contributed by atoms with Crippen LogP contribution in [-0.2, 0) is 11.3 Å². The smallest absolute Gasteiger partial charge is 0.123 e. The molecule has 20 heavy (non-hydrogen) atoms. The van der Waals surface area contributed by atoms with Gasteiger partial charge in [0.05, 0.1) is 13.7 Å². The summed E-state index contributed by atoms with van der Waals surface area (Å²) in [5.74, 6) is 1.61. The molecule has 1 aliphatic heterocycles. The number of rotatable bonds is 6. The Morgan fingerprint density at radius 1 is 1.35 bits per heavy atom. The average Bonchev–Trinajstić information content (AvgIpc) is 3.17. The highest BCUT2D eigenvalue weighted by molar-refractivity contribution is 6.30. The van der Waals surface area contributed by atoms with Crippen molar-refractivity contribution < 1.29 is 9.47 Å². The Morgan fingerprint density at radius 2 is 2.20 bits per heavy atom. The first-order valence-corrected chi connectivity index (χ1v) is 7.78. The van der Waals surface area contributed by atoms with Crippen molar-refractivity contribution in [2.24, 2.45) is 5.92 Å².